The summed E-state index contributed by atoms with van der Waals surface area (Å²) in [7, 11) is 3.62. The first kappa shape index (κ1) is 20.0. The first-order valence-electron chi connectivity index (χ1n) is 10.3. The normalized spacial score (nSPS) is 15.1. The number of rotatable bonds is 5. The van der Waals surface area contributed by atoms with Crippen molar-refractivity contribution in [1.29, 1.82) is 0 Å². The number of imidazole rings is 1. The number of aromatic nitrogens is 4. The molecule has 1 aliphatic rings. The van der Waals surface area contributed by atoms with Gasteiger partial charge in [-0.15, -0.1) is 0 Å². The molecule has 30 heavy (non-hydrogen) atoms. The second-order valence-electron chi connectivity index (χ2n) is 8.06. The van der Waals surface area contributed by atoms with Crippen LogP contribution in [0.4, 0.5) is 0 Å². The Morgan fingerprint density at radius 1 is 1.23 bits per heavy atom. The molecule has 0 spiro atoms. The van der Waals surface area contributed by atoms with Gasteiger partial charge in [-0.05, 0) is 30.9 Å². The predicted molar refractivity (Wildman–Crippen MR) is 117 cm³/mol. The first-order chi connectivity index (χ1) is 14.5. The molecule has 8 nitrogen and oxygen atoms in total. The van der Waals surface area contributed by atoms with Crippen LogP contribution in [0.2, 0.25) is 0 Å². The Bertz CT molecular complexity index is 1120. The summed E-state index contributed by atoms with van der Waals surface area (Å²) in [6.07, 6.45) is 9.15. The Labute approximate surface area is 174 Å². The van der Waals surface area contributed by atoms with E-state index in [0.29, 0.717) is 35.0 Å². The van der Waals surface area contributed by atoms with Gasteiger partial charge < -0.3 is 4.90 Å². The number of benzene rings is 1. The van der Waals surface area contributed by atoms with Crippen molar-refractivity contribution in [3.63, 3.8) is 0 Å². The van der Waals surface area contributed by atoms with Crippen LogP contribution in [0, 0.1) is 5.92 Å². The van der Waals surface area contributed by atoms with E-state index in [4.69, 9.17) is 4.98 Å². The number of carbonyl (C=O) groups excluding carboxylic acids is 1. The molecular weight excluding hydrogens is 380 g/mol. The molecule has 156 valence electrons. The fraction of sp³-hybridized carbons (Fsp3) is 0.409. The van der Waals surface area contributed by atoms with E-state index in [1.54, 1.807) is 27.8 Å². The molecule has 0 radical (unpaired) electrons. The number of aromatic amines is 1. The monoisotopic (exact) mass is 406 g/mol. The largest absolute Gasteiger partial charge is 0.369 e. The zero-order chi connectivity index (χ0) is 21.1. The smallest absolute Gasteiger partial charge is 0.328 e. The number of amides is 1. The highest BCUT2D eigenvalue weighted by molar-refractivity contribution is 5.98. The van der Waals surface area contributed by atoms with Crippen molar-refractivity contribution in [1.82, 2.24) is 24.4 Å². The lowest BCUT2D eigenvalue weighted by Gasteiger charge is -2.21. The van der Waals surface area contributed by atoms with Gasteiger partial charge in [-0.2, -0.15) is 4.99 Å². The van der Waals surface area contributed by atoms with E-state index < -0.39 is 0 Å². The van der Waals surface area contributed by atoms with E-state index >= 15 is 0 Å². The van der Waals surface area contributed by atoms with Crippen LogP contribution >= 0.6 is 0 Å². The number of hydrogen-bond acceptors (Lipinski definition) is 4. The Kier molecular flexibility index (Phi) is 5.74. The summed E-state index contributed by atoms with van der Waals surface area (Å²) in [5.41, 5.74) is 2.92. The van der Waals surface area contributed by atoms with Gasteiger partial charge in [-0.1, -0.05) is 31.4 Å². The van der Waals surface area contributed by atoms with Crippen LogP contribution in [-0.2, 0) is 6.54 Å². The third-order valence-electron chi connectivity index (χ3n) is 5.48. The molecule has 0 atom stereocenters. The topological polar surface area (TPSA) is 96.2 Å². The molecule has 3 aromatic rings. The Hall–Kier alpha value is -3.29. The van der Waals surface area contributed by atoms with E-state index in [1.807, 2.05) is 26.2 Å². The molecule has 2 aromatic heterocycles. The third-order valence-corrected chi connectivity index (χ3v) is 5.48. The number of carbonyl (C=O) groups is 1. The molecule has 1 fully saturated rings. The molecule has 1 N–H and O–H groups in total. The standard InChI is InChI=1S/C22H26N6O2/c1-27(2)14-24-21(29)17-10-8-16(9-11-17)18-12-23-19-20(25-18)28(22(30)26-19)13-15-6-4-3-5-7-15/h8-12,14-15H,3-7,13H2,1-2H3,(H,23,26,30)/b24-14+. The number of nitrogens with zero attached hydrogens (tertiary/aromatic N) is 5. The van der Waals surface area contributed by atoms with Crippen molar-refractivity contribution < 1.29 is 4.79 Å². The van der Waals surface area contributed by atoms with E-state index in [1.165, 1.54) is 25.6 Å². The van der Waals surface area contributed by atoms with Crippen molar-refractivity contribution in [2.75, 3.05) is 14.1 Å². The van der Waals surface area contributed by atoms with Crippen molar-refractivity contribution in [3.05, 3.63) is 46.5 Å². The van der Waals surface area contributed by atoms with Gasteiger partial charge >= 0.3 is 5.69 Å². The van der Waals surface area contributed by atoms with Gasteiger partial charge in [0.1, 0.15) is 0 Å². The Balaban J connectivity index is 1.60. The Morgan fingerprint density at radius 2 is 1.97 bits per heavy atom. The fourth-order valence-corrected chi connectivity index (χ4v) is 3.88. The average Bonchev–Trinajstić information content (AvgIpc) is 3.07. The summed E-state index contributed by atoms with van der Waals surface area (Å²) in [6.45, 7) is 0.675. The quantitative estimate of drug-likeness (QED) is 0.519. The molecule has 2 heterocycles. The number of nitrogens with one attached hydrogen (secondary N) is 1. The number of fused-ring (bicyclic) bond motifs is 1. The van der Waals surface area contributed by atoms with Crippen LogP contribution in [0.1, 0.15) is 42.5 Å². The molecule has 0 saturated heterocycles. The zero-order valence-corrected chi connectivity index (χ0v) is 17.3. The van der Waals surface area contributed by atoms with Crippen LogP contribution in [0.25, 0.3) is 22.6 Å². The minimum absolute atomic E-state index is 0.160. The molecule has 0 bridgehead atoms. The molecule has 0 unspecified atom stereocenters. The maximum Gasteiger partial charge on any atom is 0.328 e. The van der Waals surface area contributed by atoms with Gasteiger partial charge in [-0.3, -0.25) is 14.3 Å². The van der Waals surface area contributed by atoms with Gasteiger partial charge in [0.15, 0.2) is 11.3 Å². The maximum absolute atomic E-state index is 12.5. The third kappa shape index (κ3) is 4.32. The molecule has 1 saturated carbocycles. The molecule has 4 rings (SSSR count). The summed E-state index contributed by atoms with van der Waals surface area (Å²) >= 11 is 0. The lowest BCUT2D eigenvalue weighted by atomic mass is 9.89. The van der Waals surface area contributed by atoms with Crippen LogP contribution in [-0.4, -0.2) is 50.8 Å². The van der Waals surface area contributed by atoms with Gasteiger partial charge in [0.25, 0.3) is 5.91 Å². The van der Waals surface area contributed by atoms with Crippen molar-refractivity contribution >= 4 is 23.5 Å². The van der Waals surface area contributed by atoms with Gasteiger partial charge in [0.2, 0.25) is 0 Å². The molecule has 0 aliphatic heterocycles. The SMILES string of the molecule is CN(C)/C=N/C(=O)c1ccc(-c2cnc3[nH]c(=O)n(CC4CCCCC4)c3n2)cc1. The number of aliphatic imine (C=N–C) groups is 1. The highest BCUT2D eigenvalue weighted by Crippen LogP contribution is 2.26. The number of hydrogen-bond donors (Lipinski definition) is 1. The van der Waals surface area contributed by atoms with Crippen LogP contribution in [0.15, 0.2) is 40.2 Å². The second kappa shape index (κ2) is 8.61. The summed E-state index contributed by atoms with van der Waals surface area (Å²) < 4.78 is 1.72. The second-order valence-corrected chi connectivity index (χ2v) is 8.06. The highest BCUT2D eigenvalue weighted by Gasteiger charge is 2.18. The summed E-state index contributed by atoms with van der Waals surface area (Å²) in [4.78, 5) is 42.1. The van der Waals surface area contributed by atoms with E-state index in [9.17, 15) is 9.59 Å². The zero-order valence-electron chi connectivity index (χ0n) is 17.3. The summed E-state index contributed by atoms with van der Waals surface area (Å²) in [6, 6.07) is 7.10. The summed E-state index contributed by atoms with van der Waals surface area (Å²) in [5.74, 6) is 0.206. The highest BCUT2D eigenvalue weighted by atomic mass is 16.1. The fourth-order valence-electron chi connectivity index (χ4n) is 3.88. The lowest BCUT2D eigenvalue weighted by Crippen LogP contribution is -2.23. The van der Waals surface area contributed by atoms with Gasteiger partial charge in [0, 0.05) is 31.8 Å². The molecule has 1 amide bonds. The Morgan fingerprint density at radius 3 is 2.67 bits per heavy atom. The molecule has 1 aliphatic carbocycles. The molecule has 8 heteroatoms. The lowest BCUT2D eigenvalue weighted by molar-refractivity contribution is 0.100. The molecular formula is C22H26N6O2. The van der Waals surface area contributed by atoms with Crippen LogP contribution in [0.3, 0.4) is 0 Å². The molecule has 1 aromatic carbocycles. The maximum atomic E-state index is 12.5. The minimum atomic E-state index is -0.302. The van der Waals surface area contributed by atoms with Gasteiger partial charge in [0.05, 0.1) is 18.2 Å². The number of H-pyrrole nitrogens is 1. The van der Waals surface area contributed by atoms with E-state index in [0.717, 1.165) is 18.4 Å². The van der Waals surface area contributed by atoms with E-state index in [-0.39, 0.29) is 11.6 Å². The van der Waals surface area contributed by atoms with Crippen molar-refractivity contribution in [2.45, 2.75) is 38.6 Å². The van der Waals surface area contributed by atoms with Crippen LogP contribution < -0.4 is 5.69 Å². The van der Waals surface area contributed by atoms with E-state index in [2.05, 4.69) is 15.0 Å². The predicted octanol–water partition coefficient (Wildman–Crippen LogP) is 3.10. The first-order valence-corrected chi connectivity index (χ1v) is 10.3. The average molecular weight is 406 g/mol. The van der Waals surface area contributed by atoms with Crippen LogP contribution in [0.5, 0.6) is 0 Å². The summed E-state index contributed by atoms with van der Waals surface area (Å²) in [5, 5.41) is 0. The van der Waals surface area contributed by atoms with Crippen molar-refractivity contribution in [3.8, 4) is 11.3 Å². The van der Waals surface area contributed by atoms with Gasteiger partial charge in [-0.25, -0.2) is 14.8 Å². The van der Waals surface area contributed by atoms with Crippen molar-refractivity contribution in [2.24, 2.45) is 10.9 Å². The minimum Gasteiger partial charge on any atom is -0.369 e.